The average molecular weight is 279 g/mol. The fourth-order valence-electron chi connectivity index (χ4n) is 2.56. The molecule has 1 aromatic rings. The number of hydrogen-bond acceptors (Lipinski definition) is 4. The maximum Gasteiger partial charge on any atom is 0.0574 e. The molecule has 2 rings (SSSR count). The molecule has 1 saturated heterocycles. The Bertz CT molecular complexity index is 373. The van der Waals surface area contributed by atoms with Crippen molar-refractivity contribution >= 4 is 17.4 Å². The van der Waals surface area contributed by atoms with E-state index >= 15 is 0 Å². The predicted molar refractivity (Wildman–Crippen MR) is 85.1 cm³/mol. The van der Waals surface area contributed by atoms with E-state index in [2.05, 4.69) is 60.0 Å². The van der Waals surface area contributed by atoms with Gasteiger partial charge in [0.15, 0.2) is 0 Å². The Labute approximate surface area is 121 Å². The van der Waals surface area contributed by atoms with E-state index in [1.54, 1.807) is 0 Å². The second kappa shape index (κ2) is 7.15. The second-order valence-electron chi connectivity index (χ2n) is 5.09. The van der Waals surface area contributed by atoms with Crippen LogP contribution in [-0.4, -0.2) is 36.1 Å². The van der Waals surface area contributed by atoms with Gasteiger partial charge in [0.25, 0.3) is 0 Å². The first-order valence-electron chi connectivity index (χ1n) is 7.26. The Kier molecular flexibility index (Phi) is 5.52. The molecule has 0 spiro atoms. The Hall–Kier alpha value is -0.740. The summed E-state index contributed by atoms with van der Waals surface area (Å²) in [7, 11) is 2.19. The minimum Gasteiger partial charge on any atom is -0.370 e. The zero-order valence-electron chi connectivity index (χ0n) is 12.2. The van der Waals surface area contributed by atoms with Gasteiger partial charge < -0.3 is 10.2 Å². The molecule has 0 amide bonds. The summed E-state index contributed by atoms with van der Waals surface area (Å²) >= 11 is 2.05. The number of thioether (sulfide) groups is 1. The molecule has 1 aliphatic heterocycles. The molecule has 0 saturated carbocycles. The van der Waals surface area contributed by atoms with Crippen LogP contribution in [0.3, 0.4) is 0 Å². The molecule has 0 bridgehead atoms. The minimum absolute atomic E-state index is 0.381. The van der Waals surface area contributed by atoms with Gasteiger partial charge in [-0.3, -0.25) is 4.98 Å². The predicted octanol–water partition coefficient (Wildman–Crippen LogP) is 3.08. The van der Waals surface area contributed by atoms with Crippen LogP contribution in [0, 0.1) is 0 Å². The van der Waals surface area contributed by atoms with Gasteiger partial charge in [0.1, 0.15) is 0 Å². The molecule has 4 heteroatoms. The van der Waals surface area contributed by atoms with E-state index in [1.165, 1.54) is 23.6 Å². The van der Waals surface area contributed by atoms with Crippen LogP contribution >= 0.6 is 11.8 Å². The third kappa shape index (κ3) is 3.63. The van der Waals surface area contributed by atoms with Crippen LogP contribution in [0.2, 0.25) is 0 Å². The highest BCUT2D eigenvalue weighted by Gasteiger charge is 2.20. The van der Waals surface area contributed by atoms with E-state index in [1.807, 2.05) is 6.20 Å². The molecule has 2 unspecified atom stereocenters. The normalized spacial score (nSPS) is 20.5. The summed E-state index contributed by atoms with van der Waals surface area (Å²) in [6.07, 6.45) is 4.39. The maximum atomic E-state index is 4.65. The first-order chi connectivity index (χ1) is 9.26. The highest BCUT2D eigenvalue weighted by molar-refractivity contribution is 7.99. The standard InChI is InChI=1S/C15H25N3S/c1-4-14(16-5-2)15-7-6-12(10-17-15)18(3)13-8-9-19-11-13/h6-7,10,13-14,16H,4-5,8-9,11H2,1-3H3. The molecule has 0 radical (unpaired) electrons. The van der Waals surface area contributed by atoms with Crippen LogP contribution < -0.4 is 10.2 Å². The summed E-state index contributed by atoms with van der Waals surface area (Å²) in [5, 5.41) is 3.47. The van der Waals surface area contributed by atoms with Crippen molar-refractivity contribution in [2.24, 2.45) is 0 Å². The van der Waals surface area contributed by atoms with E-state index < -0.39 is 0 Å². The molecule has 1 N–H and O–H groups in total. The van der Waals surface area contributed by atoms with Crippen molar-refractivity contribution in [1.29, 1.82) is 0 Å². The van der Waals surface area contributed by atoms with Crippen LogP contribution in [0.15, 0.2) is 18.3 Å². The zero-order chi connectivity index (χ0) is 13.7. The summed E-state index contributed by atoms with van der Waals surface area (Å²) < 4.78 is 0. The Balaban J connectivity index is 2.04. The maximum absolute atomic E-state index is 4.65. The van der Waals surface area contributed by atoms with E-state index in [0.29, 0.717) is 12.1 Å². The van der Waals surface area contributed by atoms with Crippen molar-refractivity contribution in [3.63, 3.8) is 0 Å². The highest BCUT2D eigenvalue weighted by Crippen LogP contribution is 2.26. The number of anilines is 1. The zero-order valence-corrected chi connectivity index (χ0v) is 13.0. The van der Waals surface area contributed by atoms with Gasteiger partial charge in [-0.15, -0.1) is 0 Å². The number of rotatable bonds is 6. The smallest absolute Gasteiger partial charge is 0.0574 e. The monoisotopic (exact) mass is 279 g/mol. The molecular weight excluding hydrogens is 254 g/mol. The lowest BCUT2D eigenvalue weighted by Gasteiger charge is -2.26. The van der Waals surface area contributed by atoms with Crippen molar-refractivity contribution in [3.05, 3.63) is 24.0 Å². The van der Waals surface area contributed by atoms with Gasteiger partial charge in [0, 0.05) is 24.9 Å². The number of aromatic nitrogens is 1. The molecule has 1 fully saturated rings. The summed E-state index contributed by atoms with van der Waals surface area (Å²) in [5.41, 5.74) is 2.39. The van der Waals surface area contributed by atoms with Gasteiger partial charge in [-0.1, -0.05) is 13.8 Å². The van der Waals surface area contributed by atoms with Gasteiger partial charge in [-0.2, -0.15) is 11.8 Å². The molecular formula is C15H25N3S. The third-order valence-electron chi connectivity index (χ3n) is 3.85. The summed E-state index contributed by atoms with van der Waals surface area (Å²) in [4.78, 5) is 7.03. The van der Waals surface area contributed by atoms with Gasteiger partial charge in [0.2, 0.25) is 0 Å². The summed E-state index contributed by atoms with van der Waals surface area (Å²) in [5.74, 6) is 2.53. The topological polar surface area (TPSA) is 28.2 Å². The molecule has 3 nitrogen and oxygen atoms in total. The first kappa shape index (κ1) is 14.7. The van der Waals surface area contributed by atoms with Crippen LogP contribution in [0.1, 0.15) is 38.4 Å². The minimum atomic E-state index is 0.381. The third-order valence-corrected chi connectivity index (χ3v) is 4.99. The number of nitrogens with zero attached hydrogens (tertiary/aromatic N) is 2. The first-order valence-corrected chi connectivity index (χ1v) is 8.41. The largest absolute Gasteiger partial charge is 0.370 e. The van der Waals surface area contributed by atoms with Crippen molar-refractivity contribution < 1.29 is 0 Å². The van der Waals surface area contributed by atoms with Crippen molar-refractivity contribution in [3.8, 4) is 0 Å². The van der Waals surface area contributed by atoms with E-state index in [9.17, 15) is 0 Å². The van der Waals surface area contributed by atoms with E-state index in [0.717, 1.165) is 18.7 Å². The highest BCUT2D eigenvalue weighted by atomic mass is 32.2. The van der Waals surface area contributed by atoms with Gasteiger partial charge >= 0.3 is 0 Å². The van der Waals surface area contributed by atoms with Gasteiger partial charge in [-0.25, -0.2) is 0 Å². The lowest BCUT2D eigenvalue weighted by molar-refractivity contribution is 0.524. The second-order valence-corrected chi connectivity index (χ2v) is 6.24. The average Bonchev–Trinajstić information content (AvgIpc) is 2.98. The Morgan fingerprint density at radius 3 is 2.84 bits per heavy atom. The molecule has 2 atom stereocenters. The summed E-state index contributed by atoms with van der Waals surface area (Å²) in [6.45, 7) is 5.33. The van der Waals surface area contributed by atoms with Crippen LogP contribution in [0.4, 0.5) is 5.69 Å². The summed E-state index contributed by atoms with van der Waals surface area (Å²) in [6, 6.07) is 5.44. The molecule has 0 aliphatic carbocycles. The van der Waals surface area contributed by atoms with Crippen LogP contribution in [-0.2, 0) is 0 Å². The van der Waals surface area contributed by atoms with Gasteiger partial charge in [-0.05, 0) is 37.3 Å². The van der Waals surface area contributed by atoms with Crippen molar-refractivity contribution in [1.82, 2.24) is 10.3 Å². The fourth-order valence-corrected chi connectivity index (χ4v) is 3.82. The van der Waals surface area contributed by atoms with Gasteiger partial charge in [0.05, 0.1) is 17.6 Å². The molecule has 106 valence electrons. The Morgan fingerprint density at radius 2 is 2.32 bits per heavy atom. The molecule has 1 aliphatic rings. The number of pyridine rings is 1. The fraction of sp³-hybridized carbons (Fsp3) is 0.667. The SMILES string of the molecule is CCNC(CC)c1ccc(N(C)C2CCSC2)cn1. The quantitative estimate of drug-likeness (QED) is 0.866. The Morgan fingerprint density at radius 1 is 1.47 bits per heavy atom. The number of nitrogens with one attached hydrogen (secondary N) is 1. The molecule has 19 heavy (non-hydrogen) atoms. The van der Waals surface area contributed by atoms with Crippen molar-refractivity contribution in [2.45, 2.75) is 38.8 Å². The lowest BCUT2D eigenvalue weighted by Crippen LogP contribution is -2.31. The molecule has 2 heterocycles. The van der Waals surface area contributed by atoms with E-state index in [-0.39, 0.29) is 0 Å². The van der Waals surface area contributed by atoms with E-state index in [4.69, 9.17) is 0 Å². The molecule has 1 aromatic heterocycles. The number of hydrogen-bond donors (Lipinski definition) is 1. The lowest BCUT2D eigenvalue weighted by atomic mass is 10.1. The molecule has 0 aromatic carbocycles. The van der Waals surface area contributed by atoms with Crippen LogP contribution in [0.25, 0.3) is 0 Å². The van der Waals surface area contributed by atoms with Crippen LogP contribution in [0.5, 0.6) is 0 Å². The van der Waals surface area contributed by atoms with Crippen molar-refractivity contribution in [2.75, 3.05) is 30.0 Å².